The second kappa shape index (κ2) is 11.0. The Morgan fingerprint density at radius 2 is 1.94 bits per heavy atom. The van der Waals surface area contributed by atoms with E-state index < -0.39 is 11.7 Å². The van der Waals surface area contributed by atoms with Crippen molar-refractivity contribution in [2.45, 2.75) is 32.5 Å². The van der Waals surface area contributed by atoms with Crippen LogP contribution in [0.3, 0.4) is 0 Å². The van der Waals surface area contributed by atoms with Crippen molar-refractivity contribution in [3.05, 3.63) is 52.7 Å². The van der Waals surface area contributed by atoms with Gasteiger partial charge in [0.25, 0.3) is 0 Å². The number of hydrogen-bond donors (Lipinski definition) is 0. The second-order valence-electron chi connectivity index (χ2n) is 8.10. The Balaban J connectivity index is 1.64. The number of ether oxygens (including phenoxy) is 2. The molecule has 2 heterocycles. The molecule has 3 rings (SSSR count). The molecule has 1 saturated heterocycles. The van der Waals surface area contributed by atoms with Gasteiger partial charge in [-0.15, -0.1) is 0 Å². The standard InChI is InChI=1S/C24H27ClF3N3O3/c1-16(2)34-23-19(25)13-17(14-20(23)33-3)5-8-22(32)31-10-4-9-30(11-12-31)21-7-6-18(15-29-21)24(26,27)28/h5-8,13-16H,4,9-12H2,1-3H3/b8-5+. The van der Waals surface area contributed by atoms with Crippen molar-refractivity contribution in [1.82, 2.24) is 9.88 Å². The summed E-state index contributed by atoms with van der Waals surface area (Å²) in [6, 6.07) is 5.83. The Hall–Kier alpha value is -2.94. The molecule has 0 saturated carbocycles. The first kappa shape index (κ1) is 25.7. The highest BCUT2D eigenvalue weighted by Crippen LogP contribution is 2.37. The zero-order valence-corrected chi connectivity index (χ0v) is 20.0. The van der Waals surface area contributed by atoms with Gasteiger partial charge < -0.3 is 19.3 Å². The molecular formula is C24H27ClF3N3O3. The fourth-order valence-corrected chi connectivity index (χ4v) is 3.83. The molecular weight excluding hydrogens is 471 g/mol. The maximum absolute atomic E-state index is 12.8. The van der Waals surface area contributed by atoms with Crippen LogP contribution in [0, 0.1) is 0 Å². The number of methoxy groups -OCH3 is 1. The minimum atomic E-state index is -4.42. The number of alkyl halides is 3. The molecule has 0 atom stereocenters. The van der Waals surface area contributed by atoms with Crippen LogP contribution in [0.1, 0.15) is 31.4 Å². The topological polar surface area (TPSA) is 54.9 Å². The lowest BCUT2D eigenvalue weighted by Gasteiger charge is -2.22. The van der Waals surface area contributed by atoms with Crippen LogP contribution in [0.15, 0.2) is 36.5 Å². The number of nitrogens with zero attached hydrogens (tertiary/aromatic N) is 3. The Bertz CT molecular complexity index is 1030. The SMILES string of the molecule is COc1cc(/C=C/C(=O)N2CCCN(c3ccc(C(F)(F)F)cn3)CC2)cc(Cl)c1OC(C)C. The van der Waals surface area contributed by atoms with Gasteiger partial charge in [0.15, 0.2) is 11.5 Å². The first-order chi connectivity index (χ1) is 16.1. The van der Waals surface area contributed by atoms with Gasteiger partial charge in [0.2, 0.25) is 5.91 Å². The van der Waals surface area contributed by atoms with E-state index >= 15 is 0 Å². The molecule has 34 heavy (non-hydrogen) atoms. The molecule has 0 N–H and O–H groups in total. The van der Waals surface area contributed by atoms with Crippen LogP contribution in [0.2, 0.25) is 5.02 Å². The van der Waals surface area contributed by atoms with Gasteiger partial charge in [-0.2, -0.15) is 13.2 Å². The van der Waals surface area contributed by atoms with Gasteiger partial charge in [-0.05, 0) is 56.2 Å². The predicted molar refractivity (Wildman–Crippen MR) is 125 cm³/mol. The summed E-state index contributed by atoms with van der Waals surface area (Å²) < 4.78 is 49.4. The molecule has 1 aromatic heterocycles. The van der Waals surface area contributed by atoms with Crippen molar-refractivity contribution < 1.29 is 27.4 Å². The summed E-state index contributed by atoms with van der Waals surface area (Å²) in [5.74, 6) is 1.22. The van der Waals surface area contributed by atoms with Gasteiger partial charge in [-0.3, -0.25) is 4.79 Å². The maximum atomic E-state index is 12.8. The number of carbonyl (C=O) groups excluding carboxylic acids is 1. The third-order valence-electron chi connectivity index (χ3n) is 5.23. The van der Waals surface area contributed by atoms with Crippen molar-refractivity contribution in [2.75, 3.05) is 38.2 Å². The predicted octanol–water partition coefficient (Wildman–Crippen LogP) is 5.30. The molecule has 0 unspecified atom stereocenters. The van der Waals surface area contributed by atoms with E-state index in [2.05, 4.69) is 4.98 Å². The molecule has 10 heteroatoms. The normalized spacial score (nSPS) is 15.1. The lowest BCUT2D eigenvalue weighted by Crippen LogP contribution is -2.34. The minimum absolute atomic E-state index is 0.0743. The molecule has 184 valence electrons. The number of benzene rings is 1. The molecule has 0 spiro atoms. The minimum Gasteiger partial charge on any atom is -0.493 e. The molecule has 1 aliphatic heterocycles. The van der Waals surface area contributed by atoms with Crippen LogP contribution in [0.4, 0.5) is 19.0 Å². The summed E-state index contributed by atoms with van der Waals surface area (Å²) >= 11 is 6.34. The van der Waals surface area contributed by atoms with E-state index in [9.17, 15) is 18.0 Å². The zero-order valence-electron chi connectivity index (χ0n) is 19.2. The molecule has 2 aromatic rings. The van der Waals surface area contributed by atoms with Crippen molar-refractivity contribution >= 4 is 29.4 Å². The summed E-state index contributed by atoms with van der Waals surface area (Å²) in [6.07, 6.45) is 0.146. The summed E-state index contributed by atoms with van der Waals surface area (Å²) in [7, 11) is 1.52. The van der Waals surface area contributed by atoms with E-state index in [1.165, 1.54) is 19.3 Å². The average molecular weight is 498 g/mol. The van der Waals surface area contributed by atoms with Crippen LogP contribution in [0.25, 0.3) is 6.08 Å². The lowest BCUT2D eigenvalue weighted by atomic mass is 10.1. The smallest absolute Gasteiger partial charge is 0.417 e. The average Bonchev–Trinajstić information content (AvgIpc) is 3.04. The van der Waals surface area contributed by atoms with Gasteiger partial charge in [0.05, 0.1) is 23.8 Å². The fourth-order valence-electron chi connectivity index (χ4n) is 3.57. The Morgan fingerprint density at radius 1 is 1.18 bits per heavy atom. The van der Waals surface area contributed by atoms with Crippen LogP contribution in [-0.2, 0) is 11.0 Å². The van der Waals surface area contributed by atoms with Crippen LogP contribution in [0.5, 0.6) is 11.5 Å². The highest BCUT2D eigenvalue weighted by molar-refractivity contribution is 6.32. The first-order valence-corrected chi connectivity index (χ1v) is 11.3. The molecule has 0 aliphatic carbocycles. The molecule has 1 aliphatic rings. The first-order valence-electron chi connectivity index (χ1n) is 10.9. The van der Waals surface area contributed by atoms with Gasteiger partial charge in [0, 0.05) is 38.5 Å². The summed E-state index contributed by atoms with van der Waals surface area (Å²) in [5, 5.41) is 0.384. The van der Waals surface area contributed by atoms with Gasteiger partial charge >= 0.3 is 6.18 Å². The number of hydrogen-bond acceptors (Lipinski definition) is 5. The Kier molecular flexibility index (Phi) is 8.30. The molecule has 1 aromatic carbocycles. The van der Waals surface area contributed by atoms with Crippen LogP contribution >= 0.6 is 11.6 Å². The number of amides is 1. The van der Waals surface area contributed by atoms with E-state index in [-0.39, 0.29) is 12.0 Å². The Labute approximate surface area is 201 Å². The van der Waals surface area contributed by atoms with E-state index in [4.69, 9.17) is 21.1 Å². The highest BCUT2D eigenvalue weighted by Gasteiger charge is 2.31. The summed E-state index contributed by atoms with van der Waals surface area (Å²) in [6.45, 7) is 5.80. The summed E-state index contributed by atoms with van der Waals surface area (Å²) in [4.78, 5) is 20.3. The van der Waals surface area contributed by atoms with E-state index in [1.54, 1.807) is 23.1 Å². The molecule has 1 amide bonds. The third-order valence-corrected chi connectivity index (χ3v) is 5.51. The number of rotatable bonds is 6. The van der Waals surface area contributed by atoms with Crippen molar-refractivity contribution in [3.8, 4) is 11.5 Å². The van der Waals surface area contributed by atoms with Crippen LogP contribution < -0.4 is 14.4 Å². The van der Waals surface area contributed by atoms with E-state index in [0.29, 0.717) is 60.5 Å². The molecule has 1 fully saturated rings. The van der Waals surface area contributed by atoms with Crippen LogP contribution in [-0.4, -0.2) is 55.2 Å². The number of anilines is 1. The Morgan fingerprint density at radius 3 is 2.56 bits per heavy atom. The van der Waals surface area contributed by atoms with Gasteiger partial charge in [0.1, 0.15) is 5.82 Å². The quantitative estimate of drug-likeness (QED) is 0.507. The van der Waals surface area contributed by atoms with E-state index in [1.807, 2.05) is 18.7 Å². The lowest BCUT2D eigenvalue weighted by molar-refractivity contribution is -0.137. The van der Waals surface area contributed by atoms with Gasteiger partial charge in [-0.1, -0.05) is 11.6 Å². The molecule has 0 radical (unpaired) electrons. The monoisotopic (exact) mass is 497 g/mol. The second-order valence-corrected chi connectivity index (χ2v) is 8.51. The van der Waals surface area contributed by atoms with Crippen molar-refractivity contribution in [1.29, 1.82) is 0 Å². The molecule has 6 nitrogen and oxygen atoms in total. The fraction of sp³-hybridized carbons (Fsp3) is 0.417. The number of pyridine rings is 1. The number of aromatic nitrogens is 1. The van der Waals surface area contributed by atoms with E-state index in [0.717, 1.165) is 12.3 Å². The largest absolute Gasteiger partial charge is 0.493 e. The zero-order chi connectivity index (χ0) is 24.9. The summed E-state index contributed by atoms with van der Waals surface area (Å²) in [5.41, 5.74) is -0.0924. The highest BCUT2D eigenvalue weighted by atomic mass is 35.5. The number of halogens is 4. The maximum Gasteiger partial charge on any atom is 0.417 e. The molecule has 0 bridgehead atoms. The number of carbonyl (C=O) groups is 1. The third kappa shape index (κ3) is 6.56. The van der Waals surface area contributed by atoms with Crippen molar-refractivity contribution in [3.63, 3.8) is 0 Å². The van der Waals surface area contributed by atoms with Crippen molar-refractivity contribution in [2.24, 2.45) is 0 Å². The van der Waals surface area contributed by atoms with Gasteiger partial charge in [-0.25, -0.2) is 4.98 Å².